The molecule has 4 nitrogen and oxygen atoms in total. The van der Waals surface area contributed by atoms with Gasteiger partial charge < -0.3 is 10.0 Å². The maximum Gasteiger partial charge on any atom is 0.303 e. The molecule has 3 aromatic rings. The number of unbranched alkanes of at least 4 members (excludes halogenated alkanes) is 2. The maximum absolute atomic E-state index is 13.3. The maximum atomic E-state index is 13.3. The lowest BCUT2D eigenvalue weighted by molar-refractivity contribution is -0.137. The van der Waals surface area contributed by atoms with E-state index in [-0.39, 0.29) is 12.3 Å². The summed E-state index contributed by atoms with van der Waals surface area (Å²) in [6.45, 7) is 0.523. The van der Waals surface area contributed by atoms with Crippen molar-refractivity contribution in [1.82, 2.24) is 0 Å². The van der Waals surface area contributed by atoms with Crippen molar-refractivity contribution in [1.29, 1.82) is 0 Å². The van der Waals surface area contributed by atoms with Gasteiger partial charge in [0.2, 0.25) is 0 Å². The monoisotopic (exact) mass is 395 g/mol. The smallest absolute Gasteiger partial charge is 0.303 e. The van der Waals surface area contributed by atoms with Gasteiger partial charge in [0.25, 0.3) is 5.91 Å². The highest BCUT2D eigenvalue weighted by atomic mass is 35.5. The van der Waals surface area contributed by atoms with Crippen LogP contribution in [0.5, 0.6) is 0 Å². The number of hydrogen-bond donors (Lipinski definition) is 1. The van der Waals surface area contributed by atoms with Crippen LogP contribution in [0, 0.1) is 0 Å². The summed E-state index contributed by atoms with van der Waals surface area (Å²) in [4.78, 5) is 25.8. The van der Waals surface area contributed by atoms with Crippen molar-refractivity contribution in [2.75, 3.05) is 11.4 Å². The molecule has 3 aromatic carbocycles. The Morgan fingerprint density at radius 2 is 1.57 bits per heavy atom. The van der Waals surface area contributed by atoms with Crippen molar-refractivity contribution in [3.05, 3.63) is 77.3 Å². The number of nitrogens with zero attached hydrogens (tertiary/aromatic N) is 1. The molecule has 0 heterocycles. The van der Waals surface area contributed by atoms with Crippen LogP contribution >= 0.6 is 11.6 Å². The molecule has 3 rings (SSSR count). The Kier molecular flexibility index (Phi) is 6.66. The van der Waals surface area contributed by atoms with E-state index in [9.17, 15) is 9.59 Å². The lowest BCUT2D eigenvalue weighted by atomic mass is 10.1. The Bertz CT molecular complexity index is 964. The zero-order valence-corrected chi connectivity index (χ0v) is 16.2. The van der Waals surface area contributed by atoms with E-state index in [0.717, 1.165) is 29.3 Å². The number of amides is 1. The van der Waals surface area contributed by atoms with Gasteiger partial charge in [-0.25, -0.2) is 0 Å². The highest BCUT2D eigenvalue weighted by molar-refractivity contribution is 6.30. The highest BCUT2D eigenvalue weighted by Gasteiger charge is 2.19. The third kappa shape index (κ3) is 4.90. The van der Waals surface area contributed by atoms with Crippen LogP contribution in [0.2, 0.25) is 5.02 Å². The van der Waals surface area contributed by atoms with Gasteiger partial charge in [0.15, 0.2) is 0 Å². The topological polar surface area (TPSA) is 57.6 Å². The SMILES string of the molecule is O=C(O)CCCCCN(C(=O)c1ccc(Cl)cc1)c1cccc2ccccc12. The molecule has 144 valence electrons. The minimum absolute atomic E-state index is 0.0914. The molecule has 0 aliphatic heterocycles. The van der Waals surface area contributed by atoms with Crippen LogP contribution in [-0.2, 0) is 4.79 Å². The van der Waals surface area contributed by atoms with E-state index >= 15 is 0 Å². The number of carbonyl (C=O) groups excluding carboxylic acids is 1. The molecule has 0 radical (unpaired) electrons. The zero-order chi connectivity index (χ0) is 19.9. The number of carboxylic acids is 1. The van der Waals surface area contributed by atoms with E-state index in [0.29, 0.717) is 23.6 Å². The molecule has 0 atom stereocenters. The zero-order valence-electron chi connectivity index (χ0n) is 15.5. The first-order chi connectivity index (χ1) is 13.6. The van der Waals surface area contributed by atoms with E-state index in [1.807, 2.05) is 42.5 Å². The van der Waals surface area contributed by atoms with Crippen LogP contribution < -0.4 is 4.90 Å². The second-order valence-corrected chi connectivity index (χ2v) is 7.10. The first-order valence-electron chi connectivity index (χ1n) is 9.33. The average molecular weight is 396 g/mol. The van der Waals surface area contributed by atoms with E-state index in [1.54, 1.807) is 29.2 Å². The third-order valence-electron chi connectivity index (χ3n) is 4.67. The molecule has 0 unspecified atom stereocenters. The van der Waals surface area contributed by atoms with Gasteiger partial charge in [-0.15, -0.1) is 0 Å². The van der Waals surface area contributed by atoms with Crippen molar-refractivity contribution < 1.29 is 14.7 Å². The van der Waals surface area contributed by atoms with Crippen molar-refractivity contribution in [2.45, 2.75) is 25.7 Å². The molecule has 0 saturated heterocycles. The summed E-state index contributed by atoms with van der Waals surface area (Å²) in [6.07, 6.45) is 2.24. The number of aliphatic carboxylic acids is 1. The number of hydrogen-bond acceptors (Lipinski definition) is 2. The lowest BCUT2D eigenvalue weighted by Crippen LogP contribution is -2.32. The van der Waals surface area contributed by atoms with E-state index in [2.05, 4.69) is 0 Å². The van der Waals surface area contributed by atoms with Crippen LogP contribution in [-0.4, -0.2) is 23.5 Å². The van der Waals surface area contributed by atoms with Gasteiger partial charge in [0.1, 0.15) is 0 Å². The van der Waals surface area contributed by atoms with Gasteiger partial charge in [-0.3, -0.25) is 9.59 Å². The largest absolute Gasteiger partial charge is 0.481 e. The molecule has 0 fully saturated rings. The van der Waals surface area contributed by atoms with Crippen molar-refractivity contribution >= 4 is 39.9 Å². The van der Waals surface area contributed by atoms with Gasteiger partial charge in [0.05, 0.1) is 5.69 Å². The minimum atomic E-state index is -0.789. The lowest BCUT2D eigenvalue weighted by Gasteiger charge is -2.24. The predicted molar refractivity (Wildman–Crippen MR) is 113 cm³/mol. The number of anilines is 1. The van der Waals surface area contributed by atoms with Gasteiger partial charge in [0, 0.05) is 28.9 Å². The van der Waals surface area contributed by atoms with E-state index in [4.69, 9.17) is 16.7 Å². The van der Waals surface area contributed by atoms with Crippen molar-refractivity contribution in [3.8, 4) is 0 Å². The summed E-state index contributed by atoms with van der Waals surface area (Å²) >= 11 is 5.96. The minimum Gasteiger partial charge on any atom is -0.481 e. The van der Waals surface area contributed by atoms with Crippen LogP contribution in [0.15, 0.2) is 66.7 Å². The molecule has 0 aliphatic carbocycles. The van der Waals surface area contributed by atoms with Gasteiger partial charge in [-0.05, 0) is 48.6 Å². The predicted octanol–water partition coefficient (Wildman–Crippen LogP) is 5.79. The number of fused-ring (bicyclic) bond motifs is 1. The highest BCUT2D eigenvalue weighted by Crippen LogP contribution is 2.28. The molecule has 0 aromatic heterocycles. The standard InChI is InChI=1S/C23H22ClNO3/c24-19-14-12-18(13-15-19)23(28)25(16-5-1-2-11-22(26)27)21-10-6-8-17-7-3-4-9-20(17)21/h3-4,6-10,12-15H,1-2,5,11,16H2,(H,26,27). The molecule has 28 heavy (non-hydrogen) atoms. The number of halogens is 1. The molecule has 5 heteroatoms. The Balaban J connectivity index is 1.88. The summed E-state index contributed by atoms with van der Waals surface area (Å²) in [5, 5.41) is 11.5. The Morgan fingerprint density at radius 3 is 2.32 bits per heavy atom. The second-order valence-electron chi connectivity index (χ2n) is 6.67. The average Bonchev–Trinajstić information content (AvgIpc) is 2.70. The summed E-state index contributed by atoms with van der Waals surface area (Å²) in [7, 11) is 0. The van der Waals surface area contributed by atoms with Gasteiger partial charge in [-0.1, -0.05) is 54.4 Å². The summed E-state index contributed by atoms with van der Waals surface area (Å²) in [5.41, 5.74) is 1.43. The fraction of sp³-hybridized carbons (Fsp3) is 0.217. The molecule has 0 bridgehead atoms. The first-order valence-corrected chi connectivity index (χ1v) is 9.71. The molecule has 1 amide bonds. The quantitative estimate of drug-likeness (QED) is 0.491. The number of carboxylic acid groups (broad SMARTS) is 1. The molecule has 1 N–H and O–H groups in total. The fourth-order valence-electron chi connectivity index (χ4n) is 3.25. The number of carbonyl (C=O) groups is 2. The third-order valence-corrected chi connectivity index (χ3v) is 4.92. The van der Waals surface area contributed by atoms with E-state index in [1.165, 1.54) is 0 Å². The van der Waals surface area contributed by atoms with Gasteiger partial charge >= 0.3 is 5.97 Å². The Hall–Kier alpha value is -2.85. The molecular weight excluding hydrogens is 374 g/mol. The Morgan fingerprint density at radius 1 is 0.857 bits per heavy atom. The van der Waals surface area contributed by atoms with Crippen molar-refractivity contribution in [2.24, 2.45) is 0 Å². The molecular formula is C23H22ClNO3. The molecule has 0 saturated carbocycles. The molecule has 0 aliphatic rings. The number of rotatable bonds is 8. The first kappa shape index (κ1) is 19.9. The molecule has 0 spiro atoms. The van der Waals surface area contributed by atoms with E-state index < -0.39 is 5.97 Å². The summed E-state index contributed by atoms with van der Waals surface area (Å²) in [5.74, 6) is -0.880. The Labute approximate surface area is 169 Å². The second kappa shape index (κ2) is 9.38. The summed E-state index contributed by atoms with van der Waals surface area (Å²) in [6, 6.07) is 20.8. The number of benzene rings is 3. The van der Waals surface area contributed by atoms with Gasteiger partial charge in [-0.2, -0.15) is 0 Å². The van der Waals surface area contributed by atoms with Crippen LogP contribution in [0.4, 0.5) is 5.69 Å². The van der Waals surface area contributed by atoms with Crippen LogP contribution in [0.25, 0.3) is 10.8 Å². The fourth-order valence-corrected chi connectivity index (χ4v) is 3.37. The van der Waals surface area contributed by atoms with Crippen LogP contribution in [0.1, 0.15) is 36.0 Å². The normalized spacial score (nSPS) is 10.8. The summed E-state index contributed by atoms with van der Waals surface area (Å²) < 4.78 is 0. The van der Waals surface area contributed by atoms with Crippen molar-refractivity contribution in [3.63, 3.8) is 0 Å². The van der Waals surface area contributed by atoms with Crippen LogP contribution in [0.3, 0.4) is 0 Å².